The van der Waals surface area contributed by atoms with Crippen molar-refractivity contribution in [2.24, 2.45) is 0 Å². The van der Waals surface area contributed by atoms with Crippen molar-refractivity contribution in [3.05, 3.63) is 34.9 Å². The Kier molecular flexibility index (Phi) is 4.76. The summed E-state index contributed by atoms with van der Waals surface area (Å²) in [6.45, 7) is -0.493. The Bertz CT molecular complexity index is 680. The molecule has 1 aromatic heterocycles. The minimum absolute atomic E-state index is 0.493. The van der Waals surface area contributed by atoms with E-state index in [0.29, 0.717) is 5.69 Å². The molecule has 23 heavy (non-hydrogen) atoms. The zero-order valence-electron chi connectivity index (χ0n) is 11.9. The minimum atomic E-state index is -1.46. The number of halogens is 1. The van der Waals surface area contributed by atoms with E-state index in [9.17, 15) is 20.4 Å². The van der Waals surface area contributed by atoms with Gasteiger partial charge in [-0.2, -0.15) is 0 Å². The maximum atomic E-state index is 10.1. The summed E-state index contributed by atoms with van der Waals surface area (Å²) < 4.78 is 7.53. The molecule has 1 fully saturated rings. The maximum absolute atomic E-state index is 10.1. The molecular formula is C14H16BrN3O5. The highest BCUT2D eigenvalue weighted by Gasteiger charge is 2.44. The maximum Gasteiger partial charge on any atom is 0.180 e. The van der Waals surface area contributed by atoms with E-state index in [1.54, 1.807) is 6.20 Å². The summed E-state index contributed by atoms with van der Waals surface area (Å²) in [6.07, 6.45) is -4.75. The molecular weight excluding hydrogens is 370 g/mol. The largest absolute Gasteiger partial charge is 0.394 e. The third kappa shape index (κ3) is 3.03. The second kappa shape index (κ2) is 6.63. The lowest BCUT2D eigenvalue weighted by atomic mass is 9.98. The summed E-state index contributed by atoms with van der Waals surface area (Å²) in [5.74, 6) is 0. The van der Waals surface area contributed by atoms with E-state index >= 15 is 0 Å². The monoisotopic (exact) mass is 385 g/mol. The molecule has 0 amide bonds. The first kappa shape index (κ1) is 16.5. The fraction of sp³-hybridized carbons (Fsp3) is 0.429. The fourth-order valence-corrected chi connectivity index (χ4v) is 2.98. The number of hydrogen-bond acceptors (Lipinski definition) is 7. The summed E-state index contributed by atoms with van der Waals surface area (Å²) in [6, 6.07) is 7.44. The number of aromatic nitrogens is 3. The topological polar surface area (TPSA) is 121 Å². The van der Waals surface area contributed by atoms with E-state index in [1.165, 1.54) is 4.68 Å². The third-order valence-electron chi connectivity index (χ3n) is 3.79. The van der Waals surface area contributed by atoms with Crippen LogP contribution in [0.4, 0.5) is 0 Å². The minimum Gasteiger partial charge on any atom is -0.394 e. The van der Waals surface area contributed by atoms with Crippen LogP contribution in [0, 0.1) is 0 Å². The second-order valence-corrected chi connectivity index (χ2v) is 6.14. The van der Waals surface area contributed by atoms with Gasteiger partial charge in [-0.05, 0) is 6.07 Å². The van der Waals surface area contributed by atoms with Gasteiger partial charge in [0.25, 0.3) is 0 Å². The normalized spacial score (nSPS) is 31.3. The average Bonchev–Trinajstić information content (AvgIpc) is 3.03. The molecule has 5 atom stereocenters. The van der Waals surface area contributed by atoms with Crippen LogP contribution in [0.25, 0.3) is 11.3 Å². The van der Waals surface area contributed by atoms with Gasteiger partial charge in [-0.3, -0.25) is 0 Å². The molecule has 0 radical (unpaired) electrons. The van der Waals surface area contributed by atoms with Gasteiger partial charge in [0.05, 0.1) is 12.8 Å². The van der Waals surface area contributed by atoms with Crippen LogP contribution in [0.1, 0.15) is 6.23 Å². The van der Waals surface area contributed by atoms with Crippen molar-refractivity contribution in [1.82, 2.24) is 15.0 Å². The van der Waals surface area contributed by atoms with Crippen molar-refractivity contribution < 1.29 is 25.2 Å². The van der Waals surface area contributed by atoms with Gasteiger partial charge >= 0.3 is 0 Å². The van der Waals surface area contributed by atoms with Gasteiger partial charge in [-0.1, -0.05) is 39.3 Å². The molecule has 0 saturated carbocycles. The van der Waals surface area contributed by atoms with Gasteiger partial charge in [0.1, 0.15) is 30.1 Å². The Morgan fingerprint density at radius 2 is 1.87 bits per heavy atom. The number of aliphatic hydroxyl groups excluding tert-OH is 4. The molecule has 124 valence electrons. The van der Waals surface area contributed by atoms with Crippen LogP contribution in [0.3, 0.4) is 0 Å². The predicted molar refractivity (Wildman–Crippen MR) is 82.2 cm³/mol. The highest BCUT2D eigenvalue weighted by molar-refractivity contribution is 9.10. The van der Waals surface area contributed by atoms with E-state index in [4.69, 9.17) is 4.74 Å². The molecule has 0 spiro atoms. The van der Waals surface area contributed by atoms with Gasteiger partial charge in [-0.15, -0.1) is 5.10 Å². The average molecular weight is 386 g/mol. The van der Waals surface area contributed by atoms with Crippen molar-refractivity contribution in [3.63, 3.8) is 0 Å². The predicted octanol–water partition coefficient (Wildman–Crippen LogP) is -0.320. The van der Waals surface area contributed by atoms with Crippen molar-refractivity contribution in [1.29, 1.82) is 0 Å². The summed E-state index contributed by atoms with van der Waals surface area (Å²) >= 11 is 3.42. The van der Waals surface area contributed by atoms with Crippen LogP contribution in [0.2, 0.25) is 0 Å². The number of ether oxygens (including phenoxy) is 1. The molecule has 9 heteroatoms. The van der Waals surface area contributed by atoms with Crippen LogP contribution in [0.5, 0.6) is 0 Å². The first-order valence-corrected chi connectivity index (χ1v) is 7.79. The molecule has 1 aliphatic heterocycles. The van der Waals surface area contributed by atoms with Crippen LogP contribution in [-0.2, 0) is 4.74 Å². The molecule has 0 bridgehead atoms. The van der Waals surface area contributed by atoms with E-state index in [0.717, 1.165) is 10.0 Å². The molecule has 4 N–H and O–H groups in total. The molecule has 2 heterocycles. The first-order chi connectivity index (χ1) is 11.0. The molecule has 1 saturated heterocycles. The Labute approximate surface area is 140 Å². The highest BCUT2D eigenvalue weighted by Crippen LogP contribution is 2.30. The van der Waals surface area contributed by atoms with Crippen molar-refractivity contribution in [2.45, 2.75) is 30.6 Å². The summed E-state index contributed by atoms with van der Waals surface area (Å²) in [7, 11) is 0. The number of hydrogen-bond donors (Lipinski definition) is 4. The Morgan fingerprint density at radius 1 is 1.13 bits per heavy atom. The number of benzene rings is 1. The quantitative estimate of drug-likeness (QED) is 0.571. The molecule has 2 aromatic rings. The van der Waals surface area contributed by atoms with Crippen LogP contribution in [0.15, 0.2) is 34.9 Å². The second-order valence-electron chi connectivity index (χ2n) is 5.28. The standard InChI is InChI=1S/C14H16BrN3O5/c15-8-4-2-1-3-7(8)9-5-18(17-16-9)14-13(22)12(21)11(20)10(6-19)23-14/h1-5,10-14,19-22H,6H2/t10-,11+,12+,13-,14-/m1/s1. The van der Waals surface area contributed by atoms with Crippen molar-refractivity contribution >= 4 is 15.9 Å². The van der Waals surface area contributed by atoms with Gasteiger partial charge in [0, 0.05) is 10.0 Å². The summed E-state index contributed by atoms with van der Waals surface area (Å²) in [5.41, 5.74) is 1.36. The molecule has 0 unspecified atom stereocenters. The molecule has 8 nitrogen and oxygen atoms in total. The third-order valence-corrected chi connectivity index (χ3v) is 4.48. The Hall–Kier alpha value is -1.36. The molecule has 0 aliphatic carbocycles. The Balaban J connectivity index is 1.89. The SMILES string of the molecule is OC[C@H]1O[C@@H](n2cc(-c3ccccc3Br)nn2)[C@H](O)[C@@H](O)[C@H]1O. The number of rotatable bonds is 3. The van der Waals surface area contributed by atoms with Gasteiger partial charge in [-0.25, -0.2) is 4.68 Å². The van der Waals surface area contributed by atoms with Gasteiger partial charge in [0.15, 0.2) is 6.23 Å². The summed E-state index contributed by atoms with van der Waals surface area (Å²) in [5, 5.41) is 46.9. The van der Waals surface area contributed by atoms with Crippen LogP contribution < -0.4 is 0 Å². The lowest BCUT2D eigenvalue weighted by Gasteiger charge is -2.39. The van der Waals surface area contributed by atoms with Gasteiger partial charge < -0.3 is 25.2 Å². The lowest BCUT2D eigenvalue weighted by Crippen LogP contribution is -2.56. The van der Waals surface area contributed by atoms with Crippen LogP contribution >= 0.6 is 15.9 Å². The molecule has 3 rings (SSSR count). The lowest BCUT2D eigenvalue weighted by molar-refractivity contribution is -0.254. The zero-order chi connectivity index (χ0) is 16.6. The molecule has 1 aromatic carbocycles. The van der Waals surface area contributed by atoms with Crippen molar-refractivity contribution in [3.8, 4) is 11.3 Å². The number of nitrogens with zero attached hydrogens (tertiary/aromatic N) is 3. The van der Waals surface area contributed by atoms with E-state index < -0.39 is 37.3 Å². The zero-order valence-corrected chi connectivity index (χ0v) is 13.5. The van der Waals surface area contributed by atoms with Crippen molar-refractivity contribution in [2.75, 3.05) is 6.61 Å². The Morgan fingerprint density at radius 3 is 2.57 bits per heavy atom. The first-order valence-electron chi connectivity index (χ1n) is 7.00. The smallest absolute Gasteiger partial charge is 0.180 e. The number of aliphatic hydroxyl groups is 4. The van der Waals surface area contributed by atoms with Crippen LogP contribution in [-0.4, -0.2) is 66.4 Å². The van der Waals surface area contributed by atoms with Gasteiger partial charge in [0.2, 0.25) is 0 Å². The summed E-state index contributed by atoms with van der Waals surface area (Å²) in [4.78, 5) is 0. The fourth-order valence-electron chi connectivity index (χ4n) is 2.49. The van der Waals surface area contributed by atoms with E-state index in [2.05, 4.69) is 26.2 Å². The van der Waals surface area contributed by atoms with E-state index in [-0.39, 0.29) is 0 Å². The highest BCUT2D eigenvalue weighted by atomic mass is 79.9. The molecule has 1 aliphatic rings. The van der Waals surface area contributed by atoms with E-state index in [1.807, 2.05) is 24.3 Å².